The van der Waals surface area contributed by atoms with E-state index in [1.165, 1.54) is 0 Å². The van der Waals surface area contributed by atoms with Crippen LogP contribution < -0.4 is 5.73 Å². The maximum atomic E-state index is 8.99. The summed E-state index contributed by atoms with van der Waals surface area (Å²) in [4.78, 5) is 0. The molecular formula is C11H7N5O. The number of fused-ring (bicyclic) bond motifs is 1. The molecule has 0 spiro atoms. The first-order valence-electron chi connectivity index (χ1n) is 4.90. The van der Waals surface area contributed by atoms with Gasteiger partial charge in [0.2, 0.25) is 0 Å². The Morgan fingerprint density at radius 3 is 2.88 bits per heavy atom. The molecule has 17 heavy (non-hydrogen) atoms. The summed E-state index contributed by atoms with van der Waals surface area (Å²) in [5.74, 6) is 0. The fourth-order valence-corrected chi connectivity index (χ4v) is 1.75. The lowest BCUT2D eigenvalue weighted by molar-refractivity contribution is 0.315. The summed E-state index contributed by atoms with van der Waals surface area (Å²) in [6, 6.07) is 9.09. The normalized spacial score (nSPS) is 10.5. The van der Waals surface area contributed by atoms with Gasteiger partial charge in [-0.25, -0.2) is 4.63 Å². The number of nitriles is 1. The van der Waals surface area contributed by atoms with Crippen LogP contribution in [-0.4, -0.2) is 14.9 Å². The van der Waals surface area contributed by atoms with Gasteiger partial charge in [0.1, 0.15) is 11.8 Å². The van der Waals surface area contributed by atoms with Crippen LogP contribution in [0, 0.1) is 11.3 Å². The quantitative estimate of drug-likeness (QED) is 0.633. The molecule has 2 heterocycles. The molecule has 82 valence electrons. The van der Waals surface area contributed by atoms with Gasteiger partial charge in [-0.05, 0) is 34.6 Å². The highest BCUT2D eigenvalue weighted by Gasteiger charge is 2.12. The SMILES string of the molecule is N#Cc1cccn1-c1ccc(N)c2nonc12. The van der Waals surface area contributed by atoms with Crippen molar-refractivity contribution in [2.24, 2.45) is 0 Å². The molecule has 0 bridgehead atoms. The summed E-state index contributed by atoms with van der Waals surface area (Å²) < 4.78 is 6.40. The standard InChI is InChI=1S/C11H7N5O/c12-6-7-2-1-5-16(7)9-4-3-8(13)10-11(9)15-17-14-10/h1-5H,13H2. The molecule has 0 saturated heterocycles. The van der Waals surface area contributed by atoms with E-state index in [9.17, 15) is 0 Å². The summed E-state index contributed by atoms with van der Waals surface area (Å²) in [6.45, 7) is 0. The molecular weight excluding hydrogens is 218 g/mol. The topological polar surface area (TPSA) is 93.7 Å². The van der Waals surface area contributed by atoms with E-state index in [1.54, 1.807) is 35.0 Å². The molecule has 0 aliphatic rings. The lowest BCUT2D eigenvalue weighted by Gasteiger charge is -2.05. The average Bonchev–Trinajstić information content (AvgIpc) is 2.97. The lowest BCUT2D eigenvalue weighted by atomic mass is 10.2. The maximum absolute atomic E-state index is 8.99. The number of nitrogens with two attached hydrogens (primary N) is 1. The van der Waals surface area contributed by atoms with Crippen molar-refractivity contribution in [3.05, 3.63) is 36.2 Å². The van der Waals surface area contributed by atoms with Gasteiger partial charge in [-0.3, -0.25) is 0 Å². The molecule has 0 amide bonds. The van der Waals surface area contributed by atoms with E-state index in [0.717, 1.165) is 5.69 Å². The summed E-state index contributed by atoms with van der Waals surface area (Å²) in [6.07, 6.45) is 1.78. The molecule has 6 heteroatoms. The van der Waals surface area contributed by atoms with Gasteiger partial charge < -0.3 is 10.3 Å². The predicted octanol–water partition coefficient (Wildman–Crippen LogP) is 1.47. The number of nitrogens with zero attached hydrogens (tertiary/aromatic N) is 4. The maximum Gasteiger partial charge on any atom is 0.161 e. The molecule has 0 radical (unpaired) electrons. The number of aromatic nitrogens is 3. The Morgan fingerprint density at radius 2 is 2.06 bits per heavy atom. The molecule has 0 atom stereocenters. The van der Waals surface area contributed by atoms with Gasteiger partial charge in [0.25, 0.3) is 0 Å². The van der Waals surface area contributed by atoms with Crippen molar-refractivity contribution in [2.75, 3.05) is 5.73 Å². The largest absolute Gasteiger partial charge is 0.397 e. The first kappa shape index (κ1) is 9.42. The van der Waals surface area contributed by atoms with E-state index < -0.39 is 0 Å². The van der Waals surface area contributed by atoms with Crippen LogP contribution in [0.2, 0.25) is 0 Å². The monoisotopic (exact) mass is 225 g/mol. The van der Waals surface area contributed by atoms with Crippen LogP contribution in [0.25, 0.3) is 16.7 Å². The molecule has 3 rings (SSSR count). The number of hydrogen-bond acceptors (Lipinski definition) is 5. The van der Waals surface area contributed by atoms with Crippen molar-refractivity contribution in [3.63, 3.8) is 0 Å². The van der Waals surface area contributed by atoms with Crippen LogP contribution in [-0.2, 0) is 0 Å². The molecule has 2 N–H and O–H groups in total. The second kappa shape index (κ2) is 3.35. The van der Waals surface area contributed by atoms with Gasteiger partial charge in [0.05, 0.1) is 11.4 Å². The second-order valence-corrected chi connectivity index (χ2v) is 3.51. The number of rotatable bonds is 1. The Labute approximate surface area is 95.8 Å². The van der Waals surface area contributed by atoms with Crippen molar-refractivity contribution < 1.29 is 4.63 Å². The van der Waals surface area contributed by atoms with Crippen LogP contribution in [0.1, 0.15) is 5.69 Å². The number of nitrogen functional groups attached to an aromatic ring is 1. The van der Waals surface area contributed by atoms with E-state index in [1.807, 2.05) is 0 Å². The fourth-order valence-electron chi connectivity index (χ4n) is 1.75. The van der Waals surface area contributed by atoms with Crippen LogP contribution in [0.15, 0.2) is 35.1 Å². The zero-order valence-corrected chi connectivity index (χ0v) is 8.66. The third-order valence-electron chi connectivity index (χ3n) is 2.55. The van der Waals surface area contributed by atoms with Gasteiger partial charge in [0.15, 0.2) is 11.0 Å². The number of hydrogen-bond donors (Lipinski definition) is 1. The highest BCUT2D eigenvalue weighted by atomic mass is 16.6. The minimum atomic E-state index is 0.496. The van der Waals surface area contributed by atoms with Crippen LogP contribution in [0.3, 0.4) is 0 Å². The molecule has 0 aliphatic carbocycles. The van der Waals surface area contributed by atoms with Gasteiger partial charge in [-0.2, -0.15) is 5.26 Å². The van der Waals surface area contributed by atoms with Gasteiger partial charge >= 0.3 is 0 Å². The Morgan fingerprint density at radius 1 is 1.24 bits per heavy atom. The molecule has 0 unspecified atom stereocenters. The minimum Gasteiger partial charge on any atom is -0.397 e. The summed E-state index contributed by atoms with van der Waals surface area (Å²) in [5.41, 5.74) is 8.52. The summed E-state index contributed by atoms with van der Waals surface area (Å²) >= 11 is 0. The highest BCUT2D eigenvalue weighted by Crippen LogP contribution is 2.25. The van der Waals surface area contributed by atoms with Crippen molar-refractivity contribution in [3.8, 4) is 11.8 Å². The van der Waals surface area contributed by atoms with Crippen LogP contribution in [0.5, 0.6) is 0 Å². The smallest absolute Gasteiger partial charge is 0.161 e. The lowest BCUT2D eigenvalue weighted by Crippen LogP contribution is -1.98. The Kier molecular flexibility index (Phi) is 1.86. The molecule has 6 nitrogen and oxygen atoms in total. The van der Waals surface area contributed by atoms with Gasteiger partial charge in [0, 0.05) is 6.20 Å². The molecule has 3 aromatic rings. The molecule has 0 aliphatic heterocycles. The van der Waals surface area contributed by atoms with E-state index in [4.69, 9.17) is 11.0 Å². The van der Waals surface area contributed by atoms with Crippen LogP contribution >= 0.6 is 0 Å². The molecule has 0 saturated carbocycles. The van der Waals surface area contributed by atoms with E-state index in [-0.39, 0.29) is 0 Å². The van der Waals surface area contributed by atoms with Crippen molar-refractivity contribution in [2.45, 2.75) is 0 Å². The van der Waals surface area contributed by atoms with Crippen LogP contribution in [0.4, 0.5) is 5.69 Å². The van der Waals surface area contributed by atoms with Gasteiger partial charge in [-0.15, -0.1) is 0 Å². The molecule has 1 aromatic carbocycles. The van der Waals surface area contributed by atoms with E-state index in [2.05, 4.69) is 21.0 Å². The van der Waals surface area contributed by atoms with Crippen molar-refractivity contribution >= 4 is 16.7 Å². The van der Waals surface area contributed by atoms with Crippen molar-refractivity contribution in [1.29, 1.82) is 5.26 Å². The zero-order valence-electron chi connectivity index (χ0n) is 8.66. The first-order valence-corrected chi connectivity index (χ1v) is 4.90. The Bertz CT molecular complexity index is 734. The fraction of sp³-hybridized carbons (Fsp3) is 0. The molecule has 0 fully saturated rings. The van der Waals surface area contributed by atoms with E-state index >= 15 is 0 Å². The summed E-state index contributed by atoms with van der Waals surface area (Å²) in [7, 11) is 0. The second-order valence-electron chi connectivity index (χ2n) is 3.51. The van der Waals surface area contributed by atoms with Crippen molar-refractivity contribution in [1.82, 2.24) is 14.9 Å². The minimum absolute atomic E-state index is 0.496. The zero-order chi connectivity index (χ0) is 11.8. The van der Waals surface area contributed by atoms with Gasteiger partial charge in [-0.1, -0.05) is 0 Å². The third-order valence-corrected chi connectivity index (χ3v) is 2.55. The number of anilines is 1. The molecule has 2 aromatic heterocycles. The average molecular weight is 225 g/mol. The highest BCUT2D eigenvalue weighted by molar-refractivity contribution is 5.92. The van der Waals surface area contributed by atoms with E-state index in [0.29, 0.717) is 22.4 Å². The predicted molar refractivity (Wildman–Crippen MR) is 60.3 cm³/mol. The Hall–Kier alpha value is -2.81. The first-order chi connectivity index (χ1) is 8.31. The Balaban J connectivity index is 2.36. The third kappa shape index (κ3) is 1.26. The number of benzene rings is 1. The summed E-state index contributed by atoms with van der Waals surface area (Å²) in [5, 5.41) is 16.5.